The maximum atomic E-state index is 5.61. The third kappa shape index (κ3) is 34.1. The molecule has 0 atom stereocenters. The average molecular weight is 964 g/mol. The van der Waals surface area contributed by atoms with Gasteiger partial charge in [-0.05, 0) is 131 Å². The molecule has 3 aromatic heterocycles. The topological polar surface area (TPSA) is 47.9 Å². The third-order valence-corrected chi connectivity index (χ3v) is 10.0. The van der Waals surface area contributed by atoms with Gasteiger partial charge in [-0.15, -0.1) is 11.3 Å². The van der Waals surface area contributed by atoms with Crippen LogP contribution in [0.5, 0.6) is 5.75 Å². The summed E-state index contributed by atoms with van der Waals surface area (Å²) in [5.74, 6) is 1.75. The lowest BCUT2D eigenvalue weighted by molar-refractivity contribution is 0.414. The quantitative estimate of drug-likeness (QED) is 0.176. The summed E-state index contributed by atoms with van der Waals surface area (Å²) in [4.78, 5) is 13.2. The number of hydrogen-bond acceptors (Lipinski definition) is 5. The lowest BCUT2D eigenvalue weighted by Crippen LogP contribution is -1.83. The molecule has 0 N–H and O–H groups in total. The van der Waals surface area contributed by atoms with Crippen LogP contribution in [0.25, 0.3) is 0 Å². The summed E-state index contributed by atoms with van der Waals surface area (Å²) in [6, 6.07) is 56.7. The van der Waals surface area contributed by atoms with E-state index in [0.717, 1.165) is 39.6 Å². The summed E-state index contributed by atoms with van der Waals surface area (Å²) >= 11 is 10.8. The lowest BCUT2D eigenvalue weighted by Gasteiger charge is -1.99. The number of aryl methyl sites for hydroxylation is 8. The molecule has 64 heavy (non-hydrogen) atoms. The Kier molecular flexibility index (Phi) is 38.3. The molecule has 3 heterocycles. The summed E-state index contributed by atoms with van der Waals surface area (Å²) in [5.41, 5.74) is 7.70. The van der Waals surface area contributed by atoms with E-state index >= 15 is 0 Å². The molecule has 8 rings (SSSR count). The van der Waals surface area contributed by atoms with Crippen LogP contribution in [-0.2, 0) is 19.3 Å². The van der Waals surface area contributed by atoms with Gasteiger partial charge in [0, 0.05) is 38.7 Å². The van der Waals surface area contributed by atoms with E-state index in [9.17, 15) is 0 Å². The third-order valence-electron chi connectivity index (χ3n) is 8.22. The van der Waals surface area contributed by atoms with Crippen molar-refractivity contribution in [3.05, 3.63) is 248 Å². The molecule has 4 nitrogen and oxygen atoms in total. The Labute approximate surface area is 406 Å². The van der Waals surface area contributed by atoms with E-state index in [0.29, 0.717) is 0 Å². The van der Waals surface area contributed by atoms with Gasteiger partial charge in [-0.1, -0.05) is 189 Å². The Bertz CT molecular complexity index is 1960. The molecular formula is C57H73BrClN3OS. The predicted molar refractivity (Wildman–Crippen MR) is 287 cm³/mol. The zero-order valence-electron chi connectivity index (χ0n) is 38.0. The van der Waals surface area contributed by atoms with Crippen molar-refractivity contribution in [1.29, 1.82) is 0 Å². The molecule has 0 saturated carbocycles. The van der Waals surface area contributed by atoms with Gasteiger partial charge < -0.3 is 4.74 Å². The Morgan fingerprint density at radius 3 is 1.25 bits per heavy atom. The molecule has 0 unspecified atom stereocenters. The summed E-state index contributed by atoms with van der Waals surface area (Å²) in [7, 11) is 1.68. The molecule has 0 spiro atoms. The Hall–Kier alpha value is -5.40. The van der Waals surface area contributed by atoms with Gasteiger partial charge in [-0.2, -0.15) is 0 Å². The van der Waals surface area contributed by atoms with Crippen molar-refractivity contribution in [1.82, 2.24) is 15.0 Å². The largest absolute Gasteiger partial charge is 0.497 e. The highest BCUT2D eigenvalue weighted by Gasteiger charge is 1.89. The van der Waals surface area contributed by atoms with Gasteiger partial charge >= 0.3 is 0 Å². The van der Waals surface area contributed by atoms with Crippen molar-refractivity contribution in [2.45, 2.75) is 89.5 Å². The minimum Gasteiger partial charge on any atom is -0.497 e. The molecule has 342 valence electrons. The minimum atomic E-state index is 0. The minimum absolute atomic E-state index is 0. The van der Waals surface area contributed by atoms with E-state index in [4.69, 9.17) is 16.3 Å². The molecule has 0 bridgehead atoms. The van der Waals surface area contributed by atoms with E-state index in [1.54, 1.807) is 31.8 Å². The van der Waals surface area contributed by atoms with Gasteiger partial charge in [0.05, 0.1) is 7.11 Å². The second-order valence-electron chi connectivity index (χ2n) is 13.5. The van der Waals surface area contributed by atoms with E-state index in [1.165, 1.54) is 39.1 Å². The summed E-state index contributed by atoms with van der Waals surface area (Å²) in [6.45, 7) is 16.5. The van der Waals surface area contributed by atoms with Crippen LogP contribution in [0.3, 0.4) is 0 Å². The molecule has 7 heteroatoms. The standard InChI is InChI=1S/C9H12O.C8H10.C7H7Br.C7H7Cl.C7H8.C6H7N.C6H8S.C5H6N2.2CH4/c1-3-8-4-6-9(10-2)7-5-8;1-2-8-6-4-3-5-7-8;2*1-6-2-4-7(8)5-3-6;1-7-5-3-2-4-6-7;1-6-4-2-3-5-7-6;1-2-6-4-3-5-7-6;1-5-6-3-2-4-7-5;;/h4-7H,3H2,1-2H3;3-7H,2H2,1H3;2*2-5H,1H3;2-6H,1H3;2-5H,1H3;3-5H,2H2,1H3;2-4H,1H3;2*1H4. The van der Waals surface area contributed by atoms with Gasteiger partial charge in [0.15, 0.2) is 0 Å². The Balaban J connectivity index is 0. The zero-order chi connectivity index (χ0) is 45.6. The SMILES string of the molecule is C.C.CCc1ccc(OC)cc1.CCc1ccccc1.CCc1cccs1.Cc1ccc(Br)cc1.Cc1ccc(Cl)cc1.Cc1ccccc1.Cc1ccccn1.Cc1ncccn1. The normalized spacial score (nSPS) is 8.80. The predicted octanol–water partition coefficient (Wildman–Crippen LogP) is 17.7. The number of methoxy groups -OCH3 is 1. The first-order valence-electron chi connectivity index (χ1n) is 20.8. The molecular weight excluding hydrogens is 890 g/mol. The fraction of sp³-hybridized carbons (Fsp3) is 0.246. The highest BCUT2D eigenvalue weighted by molar-refractivity contribution is 9.10. The first kappa shape index (κ1) is 60.7. The maximum absolute atomic E-state index is 5.61. The van der Waals surface area contributed by atoms with E-state index in [2.05, 4.69) is 144 Å². The van der Waals surface area contributed by atoms with E-state index in [-0.39, 0.29) is 14.9 Å². The van der Waals surface area contributed by atoms with E-state index < -0.39 is 0 Å². The van der Waals surface area contributed by atoms with Crippen molar-refractivity contribution < 1.29 is 4.74 Å². The van der Waals surface area contributed by atoms with Crippen LogP contribution in [-0.4, -0.2) is 22.1 Å². The van der Waals surface area contributed by atoms with Crippen molar-refractivity contribution >= 4 is 38.9 Å². The van der Waals surface area contributed by atoms with Crippen LogP contribution in [0.1, 0.15) is 79.8 Å². The monoisotopic (exact) mass is 961 g/mol. The summed E-state index contributed by atoms with van der Waals surface area (Å²) in [6.07, 6.45) is 8.64. The van der Waals surface area contributed by atoms with Crippen molar-refractivity contribution in [3.8, 4) is 5.75 Å². The van der Waals surface area contributed by atoms with Crippen molar-refractivity contribution in [2.75, 3.05) is 7.11 Å². The number of halogens is 2. The van der Waals surface area contributed by atoms with Gasteiger partial charge in [0.2, 0.25) is 0 Å². The Morgan fingerprint density at radius 2 is 0.953 bits per heavy atom. The van der Waals surface area contributed by atoms with Crippen LogP contribution in [0.15, 0.2) is 198 Å². The van der Waals surface area contributed by atoms with Crippen LogP contribution < -0.4 is 4.74 Å². The second kappa shape index (κ2) is 40.4. The van der Waals surface area contributed by atoms with Crippen LogP contribution in [0.2, 0.25) is 5.02 Å². The average Bonchev–Trinajstić information content (AvgIpc) is 3.86. The number of benzene rings is 5. The molecule has 0 amide bonds. The molecule has 0 radical (unpaired) electrons. The van der Waals surface area contributed by atoms with Crippen molar-refractivity contribution in [2.24, 2.45) is 0 Å². The number of aromatic nitrogens is 3. The first-order chi connectivity index (χ1) is 30.0. The molecule has 5 aromatic carbocycles. The van der Waals surface area contributed by atoms with Crippen LogP contribution in [0.4, 0.5) is 0 Å². The first-order valence-corrected chi connectivity index (χ1v) is 22.8. The van der Waals surface area contributed by atoms with E-state index in [1.807, 2.05) is 123 Å². The smallest absolute Gasteiger partial charge is 0.125 e. The van der Waals surface area contributed by atoms with Crippen LogP contribution in [0, 0.1) is 34.6 Å². The molecule has 0 aliphatic rings. The molecule has 0 aliphatic carbocycles. The lowest BCUT2D eigenvalue weighted by atomic mass is 10.2. The summed E-state index contributed by atoms with van der Waals surface area (Å²) < 4.78 is 6.16. The fourth-order valence-electron chi connectivity index (χ4n) is 4.51. The molecule has 0 saturated heterocycles. The Morgan fingerprint density at radius 1 is 0.484 bits per heavy atom. The number of ether oxygens (including phenoxy) is 1. The molecule has 8 aromatic rings. The number of nitrogens with zero attached hydrogens (tertiary/aromatic N) is 3. The number of hydrogen-bond donors (Lipinski definition) is 0. The maximum Gasteiger partial charge on any atom is 0.125 e. The van der Waals surface area contributed by atoms with Crippen LogP contribution >= 0.6 is 38.9 Å². The van der Waals surface area contributed by atoms with Gasteiger partial charge in [-0.25, -0.2) is 9.97 Å². The highest BCUT2D eigenvalue weighted by Crippen LogP contribution is 2.11. The fourth-order valence-corrected chi connectivity index (χ4v) is 5.56. The summed E-state index contributed by atoms with van der Waals surface area (Å²) in [5, 5.41) is 2.91. The van der Waals surface area contributed by atoms with Gasteiger partial charge in [0.1, 0.15) is 11.6 Å². The number of rotatable bonds is 4. The van der Waals surface area contributed by atoms with Gasteiger partial charge in [0.25, 0.3) is 0 Å². The zero-order valence-corrected chi connectivity index (χ0v) is 41.2. The van der Waals surface area contributed by atoms with Crippen molar-refractivity contribution in [3.63, 3.8) is 0 Å². The second-order valence-corrected chi connectivity index (χ2v) is 15.9. The number of pyridine rings is 1. The van der Waals surface area contributed by atoms with Gasteiger partial charge in [-0.3, -0.25) is 4.98 Å². The molecule has 0 aliphatic heterocycles. The number of thiophene rings is 1. The highest BCUT2D eigenvalue weighted by atomic mass is 79.9. The molecule has 0 fully saturated rings.